The Labute approximate surface area is 124 Å². The second kappa shape index (κ2) is 5.23. The van der Waals surface area contributed by atoms with Gasteiger partial charge in [-0.05, 0) is 30.9 Å². The van der Waals surface area contributed by atoms with Crippen LogP contribution >= 0.6 is 0 Å². The molecule has 21 heavy (non-hydrogen) atoms. The van der Waals surface area contributed by atoms with Gasteiger partial charge in [0.05, 0.1) is 18.3 Å². The Bertz CT molecular complexity index is 729. The van der Waals surface area contributed by atoms with Crippen LogP contribution in [0, 0.1) is 0 Å². The van der Waals surface area contributed by atoms with E-state index in [2.05, 4.69) is 26.9 Å². The number of hydrogen-bond donors (Lipinski definition) is 1. The lowest BCUT2D eigenvalue weighted by atomic mass is 10.1. The average Bonchev–Trinajstić information content (AvgIpc) is 3.02. The zero-order valence-electron chi connectivity index (χ0n) is 12.0. The van der Waals surface area contributed by atoms with Gasteiger partial charge in [-0.3, -0.25) is 0 Å². The smallest absolute Gasteiger partial charge is 0.209 e. The van der Waals surface area contributed by atoms with Crippen molar-refractivity contribution in [1.29, 1.82) is 0 Å². The van der Waals surface area contributed by atoms with Crippen molar-refractivity contribution in [1.82, 2.24) is 19.5 Å². The maximum atomic E-state index is 11.4. The zero-order chi connectivity index (χ0) is 15.0. The summed E-state index contributed by atoms with van der Waals surface area (Å²) in [5.74, 6) is 0.651. The van der Waals surface area contributed by atoms with Crippen LogP contribution in [0.5, 0.6) is 0 Å². The van der Waals surface area contributed by atoms with Gasteiger partial charge in [-0.15, -0.1) is 0 Å². The predicted octanol–water partition coefficient (Wildman–Crippen LogP) is 1.23. The first-order valence-electron chi connectivity index (χ1n) is 6.87. The Kier molecular flexibility index (Phi) is 3.54. The summed E-state index contributed by atoms with van der Waals surface area (Å²) >= 11 is 0. The summed E-state index contributed by atoms with van der Waals surface area (Å²) in [5, 5.41) is 4.30. The first kappa shape index (κ1) is 14.2. The highest BCUT2D eigenvalue weighted by molar-refractivity contribution is 7.88. The Morgan fingerprint density at radius 1 is 1.29 bits per heavy atom. The average molecular weight is 306 g/mol. The van der Waals surface area contributed by atoms with E-state index in [-0.39, 0.29) is 6.04 Å². The van der Waals surface area contributed by atoms with Crippen molar-refractivity contribution in [2.75, 3.05) is 6.26 Å². The molecule has 1 heterocycles. The SMILES string of the molecule is CC(NS(C)(=O)=O)c1ncnn1C1Cc2ccccc2C1. The molecule has 2 aromatic rings. The molecule has 1 aliphatic rings. The third kappa shape index (κ3) is 2.98. The Morgan fingerprint density at radius 3 is 2.48 bits per heavy atom. The van der Waals surface area contributed by atoms with Crippen LogP contribution < -0.4 is 4.72 Å². The van der Waals surface area contributed by atoms with Crippen LogP contribution in [-0.2, 0) is 22.9 Å². The van der Waals surface area contributed by atoms with Crippen molar-refractivity contribution in [3.63, 3.8) is 0 Å². The number of nitrogens with zero attached hydrogens (tertiary/aromatic N) is 3. The number of hydrogen-bond acceptors (Lipinski definition) is 4. The van der Waals surface area contributed by atoms with Crippen LogP contribution in [-0.4, -0.2) is 29.4 Å². The van der Waals surface area contributed by atoms with Crippen LogP contribution in [0.3, 0.4) is 0 Å². The van der Waals surface area contributed by atoms with Gasteiger partial charge in [0.25, 0.3) is 0 Å². The van der Waals surface area contributed by atoms with E-state index in [9.17, 15) is 8.42 Å². The van der Waals surface area contributed by atoms with E-state index in [4.69, 9.17) is 0 Å². The van der Waals surface area contributed by atoms with Gasteiger partial charge in [-0.25, -0.2) is 22.8 Å². The topological polar surface area (TPSA) is 76.9 Å². The largest absolute Gasteiger partial charge is 0.245 e. The van der Waals surface area contributed by atoms with Crippen molar-refractivity contribution < 1.29 is 8.42 Å². The van der Waals surface area contributed by atoms with Crippen molar-refractivity contribution in [3.8, 4) is 0 Å². The van der Waals surface area contributed by atoms with E-state index in [1.54, 1.807) is 6.92 Å². The maximum absolute atomic E-state index is 11.4. The molecule has 3 rings (SSSR count). The molecular weight excluding hydrogens is 288 g/mol. The third-order valence-electron chi connectivity index (χ3n) is 3.75. The number of fused-ring (bicyclic) bond motifs is 1. The molecule has 7 heteroatoms. The lowest BCUT2D eigenvalue weighted by molar-refractivity contribution is 0.435. The summed E-state index contributed by atoms with van der Waals surface area (Å²) in [7, 11) is -3.27. The molecule has 0 spiro atoms. The molecule has 0 fully saturated rings. The van der Waals surface area contributed by atoms with Gasteiger partial charge in [0.15, 0.2) is 0 Å². The molecule has 6 nitrogen and oxygen atoms in total. The summed E-state index contributed by atoms with van der Waals surface area (Å²) in [6.45, 7) is 1.78. The Morgan fingerprint density at radius 2 is 1.90 bits per heavy atom. The molecule has 1 aliphatic carbocycles. The van der Waals surface area contributed by atoms with Gasteiger partial charge in [0.2, 0.25) is 10.0 Å². The molecule has 0 aliphatic heterocycles. The van der Waals surface area contributed by atoms with Crippen molar-refractivity contribution in [2.24, 2.45) is 0 Å². The highest BCUT2D eigenvalue weighted by Crippen LogP contribution is 2.30. The summed E-state index contributed by atoms with van der Waals surface area (Å²) in [4.78, 5) is 4.23. The molecule has 1 N–H and O–H groups in total. The lowest BCUT2D eigenvalue weighted by Crippen LogP contribution is -2.29. The molecule has 0 amide bonds. The highest BCUT2D eigenvalue weighted by Gasteiger charge is 2.27. The zero-order valence-corrected chi connectivity index (χ0v) is 12.8. The molecule has 0 radical (unpaired) electrons. The molecule has 1 atom stereocenters. The van der Waals surface area contributed by atoms with Crippen LogP contribution in [0.15, 0.2) is 30.6 Å². The van der Waals surface area contributed by atoms with Gasteiger partial charge in [0, 0.05) is 0 Å². The van der Waals surface area contributed by atoms with Gasteiger partial charge >= 0.3 is 0 Å². The third-order valence-corrected chi connectivity index (χ3v) is 4.54. The molecule has 1 aromatic carbocycles. The van der Waals surface area contributed by atoms with E-state index in [0.717, 1.165) is 19.1 Å². The van der Waals surface area contributed by atoms with Crippen LogP contribution in [0.25, 0.3) is 0 Å². The van der Waals surface area contributed by atoms with E-state index >= 15 is 0 Å². The van der Waals surface area contributed by atoms with E-state index in [0.29, 0.717) is 5.82 Å². The minimum absolute atomic E-state index is 0.198. The molecule has 1 unspecified atom stereocenters. The van der Waals surface area contributed by atoms with Crippen LogP contribution in [0.4, 0.5) is 0 Å². The normalized spacial score (nSPS) is 16.9. The van der Waals surface area contributed by atoms with E-state index < -0.39 is 16.1 Å². The summed E-state index contributed by atoms with van der Waals surface area (Å²) in [6.07, 6.45) is 4.44. The number of aromatic nitrogens is 3. The first-order valence-corrected chi connectivity index (χ1v) is 8.76. The first-order chi connectivity index (χ1) is 9.94. The minimum Gasteiger partial charge on any atom is -0.245 e. The number of rotatable bonds is 4. The summed E-state index contributed by atoms with van der Waals surface area (Å²) in [6, 6.07) is 8.14. The highest BCUT2D eigenvalue weighted by atomic mass is 32.2. The minimum atomic E-state index is -3.27. The van der Waals surface area contributed by atoms with Gasteiger partial charge < -0.3 is 0 Å². The van der Waals surface area contributed by atoms with Crippen LogP contribution in [0.2, 0.25) is 0 Å². The number of sulfonamides is 1. The standard InChI is InChI=1S/C14H18N4O2S/c1-10(17-21(2,19)20)14-15-9-16-18(14)13-7-11-5-3-4-6-12(11)8-13/h3-6,9-10,13,17H,7-8H2,1-2H3. The summed E-state index contributed by atoms with van der Waals surface area (Å²) < 4.78 is 27.2. The monoisotopic (exact) mass is 306 g/mol. The van der Waals surface area contributed by atoms with Crippen LogP contribution in [0.1, 0.15) is 36.0 Å². The Balaban J connectivity index is 1.84. The second-order valence-corrected chi connectivity index (χ2v) is 7.29. The molecule has 0 bridgehead atoms. The molecule has 112 valence electrons. The Hall–Kier alpha value is -1.73. The van der Waals surface area contributed by atoms with Crippen molar-refractivity contribution in [2.45, 2.75) is 31.8 Å². The van der Waals surface area contributed by atoms with E-state index in [1.807, 2.05) is 16.8 Å². The number of nitrogens with one attached hydrogen (secondary N) is 1. The van der Waals surface area contributed by atoms with Crippen molar-refractivity contribution >= 4 is 10.0 Å². The molecule has 0 saturated heterocycles. The van der Waals surface area contributed by atoms with Gasteiger partial charge in [-0.2, -0.15) is 5.10 Å². The lowest BCUT2D eigenvalue weighted by Gasteiger charge is -2.17. The molecular formula is C14H18N4O2S. The maximum Gasteiger partial charge on any atom is 0.209 e. The van der Waals surface area contributed by atoms with E-state index in [1.165, 1.54) is 17.5 Å². The fourth-order valence-corrected chi connectivity index (χ4v) is 3.68. The predicted molar refractivity (Wildman–Crippen MR) is 79.3 cm³/mol. The quantitative estimate of drug-likeness (QED) is 0.921. The van der Waals surface area contributed by atoms with Gasteiger partial charge in [0.1, 0.15) is 12.2 Å². The second-order valence-electron chi connectivity index (χ2n) is 5.51. The molecule has 0 saturated carbocycles. The van der Waals surface area contributed by atoms with Crippen molar-refractivity contribution in [3.05, 3.63) is 47.5 Å². The van der Waals surface area contributed by atoms with Gasteiger partial charge in [-0.1, -0.05) is 24.3 Å². The fraction of sp³-hybridized carbons (Fsp3) is 0.429. The molecule has 1 aromatic heterocycles. The number of benzene rings is 1. The fourth-order valence-electron chi connectivity index (χ4n) is 2.93. The summed E-state index contributed by atoms with van der Waals surface area (Å²) in [5.41, 5.74) is 2.65.